The second kappa shape index (κ2) is 14.7. The molecule has 13 nitrogen and oxygen atoms in total. The monoisotopic (exact) mass is 665 g/mol. The lowest BCUT2D eigenvalue weighted by atomic mass is 10.1. The number of rotatable bonds is 15. The number of nitrogens with one attached hydrogen (secondary N) is 4. The Morgan fingerprint density at radius 2 is 1.67 bits per heavy atom. The summed E-state index contributed by atoms with van der Waals surface area (Å²) in [6, 6.07) is 11.2. The van der Waals surface area contributed by atoms with Gasteiger partial charge in [-0.15, -0.1) is 0 Å². The van der Waals surface area contributed by atoms with Crippen molar-refractivity contribution in [3.05, 3.63) is 64.7 Å². The Morgan fingerprint density at radius 3 is 2.26 bits per heavy atom. The van der Waals surface area contributed by atoms with E-state index in [0.717, 1.165) is 25.5 Å². The fraction of sp³-hybridized carbons (Fsp3) is 0.379. The average molecular weight is 666 g/mol. The zero-order valence-corrected chi connectivity index (χ0v) is 25.4. The number of esters is 1. The molecule has 1 aromatic heterocycles. The quantitative estimate of drug-likeness (QED) is 0.118. The van der Waals surface area contributed by atoms with Crippen LogP contribution in [0.1, 0.15) is 41.6 Å². The van der Waals surface area contributed by atoms with Crippen LogP contribution in [0.3, 0.4) is 0 Å². The summed E-state index contributed by atoms with van der Waals surface area (Å²) in [4.78, 5) is 49.3. The lowest BCUT2D eigenvalue weighted by Gasteiger charge is -2.19. The van der Waals surface area contributed by atoms with Gasteiger partial charge in [0.15, 0.2) is 18.6 Å². The van der Waals surface area contributed by atoms with E-state index in [1.54, 1.807) is 12.1 Å². The number of aliphatic hydroxyl groups is 1. The zero-order valence-electron chi connectivity index (χ0n) is 24.7. The predicted octanol–water partition coefficient (Wildman–Crippen LogP) is 3.47. The Kier molecular flexibility index (Phi) is 11.0. The van der Waals surface area contributed by atoms with Gasteiger partial charge in [-0.2, -0.15) is 28.1 Å². The van der Waals surface area contributed by atoms with Gasteiger partial charge in [0.05, 0.1) is 12.6 Å². The van der Waals surface area contributed by atoms with Crippen molar-refractivity contribution >= 4 is 46.8 Å². The predicted molar refractivity (Wildman–Crippen MR) is 160 cm³/mol. The minimum Gasteiger partial charge on any atom is -0.467 e. The van der Waals surface area contributed by atoms with Crippen LogP contribution in [-0.4, -0.2) is 76.9 Å². The van der Waals surface area contributed by atoms with Gasteiger partial charge in [0.1, 0.15) is 6.04 Å². The number of methoxy groups -OCH3 is 1. The molecule has 1 fully saturated rings. The van der Waals surface area contributed by atoms with Gasteiger partial charge in [0.2, 0.25) is 11.9 Å². The largest absolute Gasteiger partial charge is 0.467 e. The number of benzene rings is 2. The van der Waals surface area contributed by atoms with Crippen LogP contribution in [0, 0.1) is 0 Å². The molecule has 0 bridgehead atoms. The van der Waals surface area contributed by atoms with Crippen LogP contribution in [0.4, 0.5) is 30.8 Å². The summed E-state index contributed by atoms with van der Waals surface area (Å²) >= 11 is 6.01. The first-order valence-electron chi connectivity index (χ1n) is 13.9. The molecule has 1 heterocycles. The average Bonchev–Trinajstić information content (AvgIpc) is 3.81. The number of aromatic nitrogens is 3. The van der Waals surface area contributed by atoms with Gasteiger partial charge in [-0.3, -0.25) is 14.9 Å². The lowest BCUT2D eigenvalue weighted by Crippen LogP contribution is -2.43. The number of anilines is 3. The molecule has 3 aromatic rings. The van der Waals surface area contributed by atoms with Crippen molar-refractivity contribution in [3.8, 4) is 6.01 Å². The maximum atomic E-state index is 12.9. The molecule has 1 saturated carbocycles. The van der Waals surface area contributed by atoms with Crippen molar-refractivity contribution in [2.24, 2.45) is 0 Å². The number of halogens is 4. The smallest absolute Gasteiger partial charge is 0.422 e. The number of hydrogen-bond donors (Lipinski definition) is 5. The third-order valence-corrected chi connectivity index (χ3v) is 7.18. The molecule has 46 heavy (non-hydrogen) atoms. The summed E-state index contributed by atoms with van der Waals surface area (Å²) in [5.74, 6) is -2.13. The van der Waals surface area contributed by atoms with Crippen LogP contribution in [0.15, 0.2) is 48.5 Å². The number of hydrogen-bond acceptors (Lipinski definition) is 12. The minimum absolute atomic E-state index is 0.0207. The third kappa shape index (κ3) is 9.48. The molecule has 2 atom stereocenters. The summed E-state index contributed by atoms with van der Waals surface area (Å²) in [5.41, 5.74) is 0.870. The minimum atomic E-state index is -4.62. The summed E-state index contributed by atoms with van der Waals surface area (Å²) in [7, 11) is 2.53. The van der Waals surface area contributed by atoms with Gasteiger partial charge in [-0.25, -0.2) is 4.79 Å². The zero-order chi connectivity index (χ0) is 33.5. The SMILES string of the molecule is CNC(O)C(=O)CC[C@H](NC(=O)c1ccc(Nc2nc(NC3(c4ccc(Cl)cc4)CC3)nc(OCC(F)(F)F)n2)cc1)C(=O)OC. The van der Waals surface area contributed by atoms with Crippen molar-refractivity contribution in [2.75, 3.05) is 31.4 Å². The van der Waals surface area contributed by atoms with E-state index in [1.807, 2.05) is 12.1 Å². The summed E-state index contributed by atoms with van der Waals surface area (Å²) in [6.07, 6.45) is -4.91. The lowest BCUT2D eigenvalue weighted by molar-refractivity contribution is -0.154. The highest BCUT2D eigenvalue weighted by molar-refractivity contribution is 6.30. The second-order valence-electron chi connectivity index (χ2n) is 10.3. The Balaban J connectivity index is 1.48. The van der Waals surface area contributed by atoms with Gasteiger partial charge in [0.25, 0.3) is 5.91 Å². The topological polar surface area (TPSA) is 177 Å². The van der Waals surface area contributed by atoms with E-state index in [2.05, 4.69) is 36.2 Å². The molecule has 1 amide bonds. The fourth-order valence-corrected chi connectivity index (χ4v) is 4.45. The van der Waals surface area contributed by atoms with Crippen LogP contribution in [0.2, 0.25) is 5.02 Å². The van der Waals surface area contributed by atoms with Gasteiger partial charge in [-0.1, -0.05) is 23.7 Å². The number of nitrogens with zero attached hydrogens (tertiary/aromatic N) is 3. The molecule has 1 aliphatic carbocycles. The highest BCUT2D eigenvalue weighted by atomic mass is 35.5. The summed E-state index contributed by atoms with van der Waals surface area (Å²) in [6.45, 7) is -1.61. The van der Waals surface area contributed by atoms with Crippen molar-refractivity contribution in [1.82, 2.24) is 25.6 Å². The number of aliphatic hydroxyl groups excluding tert-OH is 1. The molecule has 17 heteroatoms. The van der Waals surface area contributed by atoms with Crippen LogP contribution in [0.5, 0.6) is 6.01 Å². The van der Waals surface area contributed by atoms with Crippen LogP contribution < -0.4 is 26.0 Å². The number of alkyl halides is 3. The van der Waals surface area contributed by atoms with Crippen molar-refractivity contribution in [2.45, 2.75) is 49.7 Å². The molecule has 246 valence electrons. The van der Waals surface area contributed by atoms with E-state index in [0.29, 0.717) is 10.7 Å². The van der Waals surface area contributed by atoms with Crippen LogP contribution >= 0.6 is 11.6 Å². The van der Waals surface area contributed by atoms with Crippen LogP contribution in [-0.2, 0) is 19.9 Å². The third-order valence-electron chi connectivity index (χ3n) is 6.93. The highest BCUT2D eigenvalue weighted by Crippen LogP contribution is 2.48. The number of ether oxygens (including phenoxy) is 2. The van der Waals surface area contributed by atoms with Crippen molar-refractivity contribution < 1.29 is 42.1 Å². The van der Waals surface area contributed by atoms with Gasteiger partial charge < -0.3 is 30.5 Å². The molecule has 2 aromatic carbocycles. The van der Waals surface area contributed by atoms with E-state index >= 15 is 0 Å². The van der Waals surface area contributed by atoms with E-state index in [1.165, 1.54) is 31.3 Å². The van der Waals surface area contributed by atoms with E-state index in [9.17, 15) is 32.7 Å². The van der Waals surface area contributed by atoms with Crippen LogP contribution in [0.25, 0.3) is 0 Å². The molecular formula is C29H31ClF3N7O6. The van der Waals surface area contributed by atoms with E-state index < -0.39 is 54.3 Å². The molecular weight excluding hydrogens is 635 g/mol. The number of likely N-dealkylation sites (N-methyl/N-ethyl adjacent to an activating group) is 1. The highest BCUT2D eigenvalue weighted by Gasteiger charge is 2.45. The molecule has 0 spiro atoms. The molecule has 0 saturated heterocycles. The standard InChI is InChI=1S/C29H31ClF3N7O6/c1-34-23(43)21(41)12-11-20(24(44)45-2)36-22(42)16-3-9-19(10-4-16)35-25-37-26(39-27(38-25)46-15-29(31,32)33)40-28(13-14-28)17-5-7-18(30)8-6-17/h3-10,20,23,34,43H,11-15H2,1-2H3,(H,36,42)(H2,35,37,38,39,40)/t20-,23?/m0/s1. The number of Topliss-reactive ketones (excluding diaryl/α,β-unsaturated/α-hetero) is 1. The van der Waals surface area contributed by atoms with Crippen molar-refractivity contribution in [3.63, 3.8) is 0 Å². The first-order chi connectivity index (χ1) is 21.8. The van der Waals surface area contributed by atoms with Crippen molar-refractivity contribution in [1.29, 1.82) is 0 Å². The molecule has 1 unspecified atom stereocenters. The van der Waals surface area contributed by atoms with E-state index in [4.69, 9.17) is 21.1 Å². The fourth-order valence-electron chi connectivity index (χ4n) is 4.32. The Labute approximate surface area is 266 Å². The summed E-state index contributed by atoms with van der Waals surface area (Å²) in [5, 5.41) is 21.1. The van der Waals surface area contributed by atoms with Gasteiger partial charge in [-0.05, 0) is 68.3 Å². The first kappa shape index (κ1) is 34.3. The number of ketones is 1. The normalized spacial score (nSPS) is 14.8. The van der Waals surface area contributed by atoms with E-state index in [-0.39, 0.29) is 30.3 Å². The number of amides is 1. The number of carbonyl (C=O) groups excluding carboxylic acids is 3. The Morgan fingerprint density at radius 1 is 1.02 bits per heavy atom. The molecule has 1 aliphatic rings. The summed E-state index contributed by atoms with van der Waals surface area (Å²) < 4.78 is 48.1. The molecule has 5 N–H and O–H groups in total. The molecule has 0 aliphatic heterocycles. The maximum Gasteiger partial charge on any atom is 0.422 e. The number of carbonyl (C=O) groups is 3. The Bertz CT molecular complexity index is 1540. The van der Waals surface area contributed by atoms with Gasteiger partial charge in [0, 0.05) is 22.7 Å². The Hall–Kier alpha value is -4.54. The second-order valence-corrected chi connectivity index (χ2v) is 10.8. The molecule has 0 radical (unpaired) electrons. The molecule has 4 rings (SSSR count). The van der Waals surface area contributed by atoms with Gasteiger partial charge >= 0.3 is 18.2 Å². The maximum absolute atomic E-state index is 12.9. The first-order valence-corrected chi connectivity index (χ1v) is 14.3.